The first-order chi connectivity index (χ1) is 8.27. The Bertz CT molecular complexity index is 465. The standard InChI is InChI=1S/C15H15ClO/c1-12(16)14-9-5-6-10-15(14)17-11-13-7-3-2-4-8-13/h2-10,12H,11H2,1H3/t12-/m0/s1. The van der Waals surface area contributed by atoms with Crippen LogP contribution in [0, 0.1) is 0 Å². The van der Waals surface area contributed by atoms with Crippen molar-refractivity contribution in [1.82, 2.24) is 0 Å². The molecule has 0 saturated heterocycles. The van der Waals surface area contributed by atoms with Crippen LogP contribution in [0.5, 0.6) is 5.75 Å². The van der Waals surface area contributed by atoms with E-state index in [2.05, 4.69) is 0 Å². The van der Waals surface area contributed by atoms with Crippen molar-refractivity contribution in [3.05, 3.63) is 65.7 Å². The Morgan fingerprint density at radius 1 is 1.00 bits per heavy atom. The average Bonchev–Trinajstić information content (AvgIpc) is 2.38. The number of halogens is 1. The maximum absolute atomic E-state index is 6.11. The molecule has 0 fully saturated rings. The Labute approximate surface area is 107 Å². The van der Waals surface area contributed by atoms with E-state index in [0.717, 1.165) is 16.9 Å². The Morgan fingerprint density at radius 3 is 2.35 bits per heavy atom. The van der Waals surface area contributed by atoms with Gasteiger partial charge in [-0.2, -0.15) is 0 Å². The van der Waals surface area contributed by atoms with Crippen molar-refractivity contribution < 1.29 is 4.74 Å². The van der Waals surface area contributed by atoms with Gasteiger partial charge in [-0.15, -0.1) is 11.6 Å². The topological polar surface area (TPSA) is 9.23 Å². The summed E-state index contributed by atoms with van der Waals surface area (Å²) in [4.78, 5) is 0. The number of hydrogen-bond acceptors (Lipinski definition) is 1. The predicted octanol–water partition coefficient (Wildman–Crippen LogP) is 4.57. The molecule has 1 nitrogen and oxygen atoms in total. The lowest BCUT2D eigenvalue weighted by atomic mass is 10.1. The molecule has 0 bridgehead atoms. The zero-order valence-electron chi connectivity index (χ0n) is 9.77. The molecule has 0 heterocycles. The fraction of sp³-hybridized carbons (Fsp3) is 0.200. The molecule has 2 aromatic carbocycles. The molecule has 17 heavy (non-hydrogen) atoms. The van der Waals surface area contributed by atoms with Crippen LogP contribution in [-0.4, -0.2) is 0 Å². The molecule has 88 valence electrons. The third-order valence-electron chi connectivity index (χ3n) is 2.58. The summed E-state index contributed by atoms with van der Waals surface area (Å²) in [6.45, 7) is 2.52. The van der Waals surface area contributed by atoms with Gasteiger partial charge >= 0.3 is 0 Å². The molecule has 0 saturated carbocycles. The highest BCUT2D eigenvalue weighted by molar-refractivity contribution is 6.20. The second-order valence-corrected chi connectivity index (χ2v) is 4.58. The highest BCUT2D eigenvalue weighted by atomic mass is 35.5. The van der Waals surface area contributed by atoms with Crippen LogP contribution in [0.2, 0.25) is 0 Å². The van der Waals surface area contributed by atoms with Crippen LogP contribution in [0.4, 0.5) is 0 Å². The van der Waals surface area contributed by atoms with Crippen molar-refractivity contribution in [2.75, 3.05) is 0 Å². The SMILES string of the molecule is C[C@H](Cl)c1ccccc1OCc1ccccc1. The van der Waals surface area contributed by atoms with Crippen molar-refractivity contribution in [3.63, 3.8) is 0 Å². The molecule has 2 heteroatoms. The lowest BCUT2D eigenvalue weighted by Crippen LogP contribution is -1.98. The third kappa shape index (κ3) is 3.24. The van der Waals surface area contributed by atoms with Gasteiger partial charge in [-0.3, -0.25) is 0 Å². The van der Waals surface area contributed by atoms with Crippen LogP contribution in [0.1, 0.15) is 23.4 Å². The highest BCUT2D eigenvalue weighted by Crippen LogP contribution is 2.29. The lowest BCUT2D eigenvalue weighted by Gasteiger charge is -2.12. The summed E-state index contributed by atoms with van der Waals surface area (Å²) < 4.78 is 5.80. The van der Waals surface area contributed by atoms with Crippen molar-refractivity contribution in [1.29, 1.82) is 0 Å². The number of hydrogen-bond donors (Lipinski definition) is 0. The zero-order chi connectivity index (χ0) is 12.1. The Hall–Kier alpha value is -1.47. The minimum atomic E-state index is -0.0398. The van der Waals surface area contributed by atoms with Crippen molar-refractivity contribution in [2.45, 2.75) is 18.9 Å². The van der Waals surface area contributed by atoms with Gasteiger partial charge in [0.05, 0.1) is 5.38 Å². The van der Waals surface area contributed by atoms with Gasteiger partial charge in [0, 0.05) is 5.56 Å². The van der Waals surface area contributed by atoms with Crippen molar-refractivity contribution >= 4 is 11.6 Å². The highest BCUT2D eigenvalue weighted by Gasteiger charge is 2.08. The molecule has 2 rings (SSSR count). The Balaban J connectivity index is 2.09. The predicted molar refractivity (Wildman–Crippen MR) is 71.5 cm³/mol. The first-order valence-corrected chi connectivity index (χ1v) is 6.11. The Morgan fingerprint density at radius 2 is 1.65 bits per heavy atom. The largest absolute Gasteiger partial charge is 0.489 e. The number of benzene rings is 2. The molecule has 2 aromatic rings. The van der Waals surface area contributed by atoms with Gasteiger partial charge in [0.15, 0.2) is 0 Å². The summed E-state index contributed by atoms with van der Waals surface area (Å²) in [6.07, 6.45) is 0. The van der Waals surface area contributed by atoms with E-state index in [1.165, 1.54) is 0 Å². The van der Waals surface area contributed by atoms with Gasteiger partial charge < -0.3 is 4.74 Å². The van der Waals surface area contributed by atoms with Crippen LogP contribution < -0.4 is 4.74 Å². The van der Waals surface area contributed by atoms with Crippen LogP contribution in [-0.2, 0) is 6.61 Å². The van der Waals surface area contributed by atoms with Crippen LogP contribution in [0.25, 0.3) is 0 Å². The summed E-state index contributed by atoms with van der Waals surface area (Å²) in [5.74, 6) is 0.860. The summed E-state index contributed by atoms with van der Waals surface area (Å²) >= 11 is 6.11. The van der Waals surface area contributed by atoms with E-state index in [1.807, 2.05) is 61.5 Å². The summed E-state index contributed by atoms with van der Waals surface area (Å²) in [5.41, 5.74) is 2.19. The molecule has 0 unspecified atom stereocenters. The second-order valence-electron chi connectivity index (χ2n) is 3.93. The normalized spacial score (nSPS) is 12.1. The minimum Gasteiger partial charge on any atom is -0.489 e. The maximum Gasteiger partial charge on any atom is 0.124 e. The van der Waals surface area contributed by atoms with Gasteiger partial charge in [0.25, 0.3) is 0 Å². The van der Waals surface area contributed by atoms with Gasteiger partial charge in [-0.1, -0.05) is 48.5 Å². The first-order valence-electron chi connectivity index (χ1n) is 5.67. The van der Waals surface area contributed by atoms with Crippen LogP contribution in [0.15, 0.2) is 54.6 Å². The smallest absolute Gasteiger partial charge is 0.124 e. The second kappa shape index (κ2) is 5.74. The molecule has 0 radical (unpaired) electrons. The van der Waals surface area contributed by atoms with Crippen LogP contribution >= 0.6 is 11.6 Å². The fourth-order valence-corrected chi connectivity index (χ4v) is 1.86. The van der Waals surface area contributed by atoms with Gasteiger partial charge in [-0.25, -0.2) is 0 Å². The molecule has 0 aliphatic carbocycles. The van der Waals surface area contributed by atoms with Gasteiger partial charge in [0.2, 0.25) is 0 Å². The zero-order valence-corrected chi connectivity index (χ0v) is 10.5. The van der Waals surface area contributed by atoms with Gasteiger partial charge in [-0.05, 0) is 18.6 Å². The van der Waals surface area contributed by atoms with Crippen LogP contribution in [0.3, 0.4) is 0 Å². The monoisotopic (exact) mass is 246 g/mol. The fourth-order valence-electron chi connectivity index (χ4n) is 1.68. The molecule has 0 aromatic heterocycles. The van der Waals surface area contributed by atoms with E-state index in [0.29, 0.717) is 6.61 Å². The molecular formula is C15H15ClO. The quantitative estimate of drug-likeness (QED) is 0.719. The van der Waals surface area contributed by atoms with Crippen molar-refractivity contribution in [3.8, 4) is 5.75 Å². The van der Waals surface area contributed by atoms with E-state index in [1.54, 1.807) is 0 Å². The Kier molecular flexibility index (Phi) is 4.05. The molecule has 0 aliphatic heterocycles. The summed E-state index contributed by atoms with van der Waals surface area (Å²) in [7, 11) is 0. The molecular weight excluding hydrogens is 232 g/mol. The maximum atomic E-state index is 6.11. The van der Waals surface area contributed by atoms with Gasteiger partial charge in [0.1, 0.15) is 12.4 Å². The van der Waals surface area contributed by atoms with E-state index in [-0.39, 0.29) is 5.38 Å². The minimum absolute atomic E-state index is 0.0398. The summed E-state index contributed by atoms with van der Waals surface area (Å²) in [5, 5.41) is -0.0398. The first kappa shape index (κ1) is 12.0. The molecule has 1 atom stereocenters. The molecule has 0 spiro atoms. The summed E-state index contributed by atoms with van der Waals surface area (Å²) in [6, 6.07) is 18.0. The molecule has 0 N–H and O–H groups in total. The average molecular weight is 247 g/mol. The third-order valence-corrected chi connectivity index (χ3v) is 2.82. The van der Waals surface area contributed by atoms with E-state index >= 15 is 0 Å². The van der Waals surface area contributed by atoms with E-state index in [9.17, 15) is 0 Å². The number of rotatable bonds is 4. The van der Waals surface area contributed by atoms with E-state index in [4.69, 9.17) is 16.3 Å². The molecule has 0 aliphatic rings. The lowest BCUT2D eigenvalue weighted by molar-refractivity contribution is 0.303. The molecule has 0 amide bonds. The number of ether oxygens (including phenoxy) is 1. The van der Waals surface area contributed by atoms with E-state index < -0.39 is 0 Å². The van der Waals surface area contributed by atoms with Crippen molar-refractivity contribution in [2.24, 2.45) is 0 Å². The number of para-hydroxylation sites is 1. The number of alkyl halides is 1.